The van der Waals surface area contributed by atoms with Gasteiger partial charge >= 0.3 is 0 Å². The van der Waals surface area contributed by atoms with Crippen LogP contribution < -0.4 is 10.6 Å². The van der Waals surface area contributed by atoms with E-state index in [2.05, 4.69) is 17.9 Å². The molecular weight excluding hydrogens is 217 g/mol. The third-order valence-corrected chi connectivity index (χ3v) is 3.31. The number of rotatable bonds is 1. The van der Waals surface area contributed by atoms with Crippen LogP contribution in [0.4, 0.5) is 10.1 Å². The molecule has 3 nitrogen and oxygen atoms in total. The van der Waals surface area contributed by atoms with Crippen molar-refractivity contribution >= 4 is 5.69 Å². The normalized spacial score (nSPS) is 24.5. The second-order valence-electron chi connectivity index (χ2n) is 4.60. The van der Waals surface area contributed by atoms with Crippen molar-refractivity contribution in [2.45, 2.75) is 31.8 Å². The summed E-state index contributed by atoms with van der Waals surface area (Å²) in [6.45, 7) is 2.91. The first-order valence-electron chi connectivity index (χ1n) is 5.83. The minimum Gasteiger partial charge on any atom is -0.368 e. The molecule has 0 amide bonds. The molecule has 1 saturated heterocycles. The monoisotopic (exact) mass is 233 g/mol. The molecule has 4 heteroatoms. The molecule has 90 valence electrons. The van der Waals surface area contributed by atoms with E-state index < -0.39 is 0 Å². The fraction of sp³-hybridized carbons (Fsp3) is 0.462. The Balaban J connectivity index is 2.31. The van der Waals surface area contributed by atoms with Gasteiger partial charge in [0.1, 0.15) is 11.9 Å². The average molecular weight is 233 g/mol. The summed E-state index contributed by atoms with van der Waals surface area (Å²) >= 11 is 0. The molecule has 2 unspecified atom stereocenters. The van der Waals surface area contributed by atoms with Gasteiger partial charge in [-0.05, 0) is 38.0 Å². The van der Waals surface area contributed by atoms with E-state index in [9.17, 15) is 4.39 Å². The van der Waals surface area contributed by atoms with Crippen molar-refractivity contribution in [3.05, 3.63) is 29.6 Å². The van der Waals surface area contributed by atoms with Gasteiger partial charge < -0.3 is 10.6 Å². The van der Waals surface area contributed by atoms with Crippen LogP contribution in [-0.4, -0.2) is 18.6 Å². The average Bonchev–Trinajstić information content (AvgIpc) is 2.30. The number of piperidine rings is 1. The first-order chi connectivity index (χ1) is 8.11. The standard InChI is InChI=1S/C13H16FN3/c1-9-6-12(16)4-5-17(9)13-3-2-11(14)7-10(13)8-15/h2-3,7,9,12H,4-6,16H2,1H3. The third kappa shape index (κ3) is 2.40. The Hall–Kier alpha value is -1.60. The maximum atomic E-state index is 13.1. The van der Waals surface area contributed by atoms with Gasteiger partial charge in [0, 0.05) is 18.6 Å². The van der Waals surface area contributed by atoms with Crippen LogP contribution in [0.1, 0.15) is 25.3 Å². The Morgan fingerprint density at radius 1 is 1.53 bits per heavy atom. The second-order valence-corrected chi connectivity index (χ2v) is 4.60. The first-order valence-corrected chi connectivity index (χ1v) is 5.83. The van der Waals surface area contributed by atoms with E-state index in [4.69, 9.17) is 11.0 Å². The summed E-state index contributed by atoms with van der Waals surface area (Å²) in [5.41, 5.74) is 7.12. The van der Waals surface area contributed by atoms with Crippen LogP contribution in [0.25, 0.3) is 0 Å². The van der Waals surface area contributed by atoms with Crippen LogP contribution in [0.15, 0.2) is 18.2 Å². The number of nitrogens with two attached hydrogens (primary N) is 1. The van der Waals surface area contributed by atoms with Crippen molar-refractivity contribution < 1.29 is 4.39 Å². The first kappa shape index (κ1) is 11.9. The van der Waals surface area contributed by atoms with Crippen molar-refractivity contribution in [3.8, 4) is 6.07 Å². The highest BCUT2D eigenvalue weighted by Crippen LogP contribution is 2.27. The van der Waals surface area contributed by atoms with Crippen LogP contribution in [0.2, 0.25) is 0 Å². The number of nitriles is 1. The molecule has 1 aromatic carbocycles. The summed E-state index contributed by atoms with van der Waals surface area (Å²) in [7, 11) is 0. The number of hydrogen-bond acceptors (Lipinski definition) is 3. The lowest BCUT2D eigenvalue weighted by atomic mass is 9.97. The van der Waals surface area contributed by atoms with Gasteiger partial charge in [-0.1, -0.05) is 0 Å². The number of halogens is 1. The van der Waals surface area contributed by atoms with E-state index in [0.717, 1.165) is 25.1 Å². The summed E-state index contributed by atoms with van der Waals surface area (Å²) in [4.78, 5) is 2.14. The van der Waals surface area contributed by atoms with E-state index in [1.165, 1.54) is 12.1 Å². The SMILES string of the molecule is CC1CC(N)CCN1c1ccc(F)cc1C#N. The fourth-order valence-electron chi connectivity index (χ4n) is 2.41. The van der Waals surface area contributed by atoms with Crippen molar-refractivity contribution in [1.82, 2.24) is 0 Å². The van der Waals surface area contributed by atoms with Crippen LogP contribution in [0.3, 0.4) is 0 Å². The predicted octanol–water partition coefficient (Wildman–Crippen LogP) is 2.01. The van der Waals surface area contributed by atoms with E-state index in [1.54, 1.807) is 6.07 Å². The molecule has 2 N–H and O–H groups in total. The molecule has 0 radical (unpaired) electrons. The zero-order chi connectivity index (χ0) is 12.4. The number of hydrogen-bond donors (Lipinski definition) is 1. The van der Waals surface area contributed by atoms with Crippen LogP contribution >= 0.6 is 0 Å². The second kappa shape index (κ2) is 4.72. The smallest absolute Gasteiger partial charge is 0.124 e. The molecule has 0 aromatic heterocycles. The lowest BCUT2D eigenvalue weighted by Crippen LogP contribution is -2.45. The summed E-state index contributed by atoms with van der Waals surface area (Å²) in [6.07, 6.45) is 1.81. The van der Waals surface area contributed by atoms with Gasteiger partial charge in [0.05, 0.1) is 11.3 Å². The molecule has 2 atom stereocenters. The minimum atomic E-state index is -0.369. The highest BCUT2D eigenvalue weighted by Gasteiger charge is 2.25. The molecule has 0 aliphatic carbocycles. The number of benzene rings is 1. The lowest BCUT2D eigenvalue weighted by molar-refractivity contribution is 0.429. The van der Waals surface area contributed by atoms with Gasteiger partial charge in [-0.25, -0.2) is 4.39 Å². The Kier molecular flexibility index (Phi) is 3.30. The van der Waals surface area contributed by atoms with Crippen molar-refractivity contribution in [3.63, 3.8) is 0 Å². The summed E-state index contributed by atoms with van der Waals surface area (Å²) in [6, 6.07) is 6.94. The van der Waals surface area contributed by atoms with Gasteiger partial charge in [-0.2, -0.15) is 5.26 Å². The molecule has 1 aromatic rings. The fourth-order valence-corrected chi connectivity index (χ4v) is 2.41. The summed E-state index contributed by atoms with van der Waals surface area (Å²) in [5, 5.41) is 9.04. The molecule has 1 heterocycles. The number of nitrogens with zero attached hydrogens (tertiary/aromatic N) is 2. The minimum absolute atomic E-state index is 0.229. The molecule has 0 spiro atoms. The molecular formula is C13H16FN3. The van der Waals surface area contributed by atoms with Gasteiger partial charge in [0.2, 0.25) is 0 Å². The van der Waals surface area contributed by atoms with E-state index >= 15 is 0 Å². The maximum Gasteiger partial charge on any atom is 0.124 e. The Bertz CT molecular complexity index is 452. The van der Waals surface area contributed by atoms with Crippen molar-refractivity contribution in [1.29, 1.82) is 5.26 Å². The third-order valence-electron chi connectivity index (χ3n) is 3.31. The largest absolute Gasteiger partial charge is 0.368 e. The summed E-state index contributed by atoms with van der Waals surface area (Å²) < 4.78 is 13.1. The van der Waals surface area contributed by atoms with Crippen molar-refractivity contribution in [2.24, 2.45) is 5.73 Å². The highest BCUT2D eigenvalue weighted by atomic mass is 19.1. The summed E-state index contributed by atoms with van der Waals surface area (Å²) in [5.74, 6) is -0.369. The van der Waals surface area contributed by atoms with E-state index in [-0.39, 0.29) is 17.9 Å². The van der Waals surface area contributed by atoms with Gasteiger partial charge in [-0.3, -0.25) is 0 Å². The quantitative estimate of drug-likeness (QED) is 0.807. The van der Waals surface area contributed by atoms with Crippen LogP contribution in [0.5, 0.6) is 0 Å². The van der Waals surface area contributed by atoms with Crippen molar-refractivity contribution in [2.75, 3.05) is 11.4 Å². The molecule has 1 fully saturated rings. The zero-order valence-electron chi connectivity index (χ0n) is 9.86. The Morgan fingerprint density at radius 2 is 2.29 bits per heavy atom. The van der Waals surface area contributed by atoms with Gasteiger partial charge in [0.15, 0.2) is 0 Å². The molecule has 1 aliphatic heterocycles. The van der Waals surface area contributed by atoms with Gasteiger partial charge in [0.25, 0.3) is 0 Å². The van der Waals surface area contributed by atoms with Gasteiger partial charge in [-0.15, -0.1) is 0 Å². The Labute approximate surface area is 101 Å². The van der Waals surface area contributed by atoms with Crippen LogP contribution in [0, 0.1) is 17.1 Å². The highest BCUT2D eigenvalue weighted by molar-refractivity contribution is 5.60. The predicted molar refractivity (Wildman–Crippen MR) is 65.1 cm³/mol. The molecule has 0 saturated carbocycles. The molecule has 0 bridgehead atoms. The molecule has 1 aliphatic rings. The topological polar surface area (TPSA) is 53.0 Å². The maximum absolute atomic E-state index is 13.1. The van der Waals surface area contributed by atoms with Crippen LogP contribution in [-0.2, 0) is 0 Å². The lowest BCUT2D eigenvalue weighted by Gasteiger charge is -2.38. The zero-order valence-corrected chi connectivity index (χ0v) is 9.86. The number of anilines is 1. The van der Waals surface area contributed by atoms with E-state index in [1.807, 2.05) is 0 Å². The Morgan fingerprint density at radius 3 is 2.94 bits per heavy atom. The molecule has 17 heavy (non-hydrogen) atoms. The van der Waals surface area contributed by atoms with E-state index in [0.29, 0.717) is 5.56 Å². The molecule has 2 rings (SSSR count).